The van der Waals surface area contributed by atoms with Crippen LogP contribution in [0.1, 0.15) is 200 Å². The molecular formula is C54H97N2O6P. The average molecular weight is 901 g/mol. The highest BCUT2D eigenvalue weighted by Gasteiger charge is 2.23. The second kappa shape index (κ2) is 44.9. The molecule has 0 aromatic carbocycles. The highest BCUT2D eigenvalue weighted by molar-refractivity contribution is 7.45. The minimum absolute atomic E-state index is 0.0106. The number of likely N-dealkylation sites (N-methyl/N-ethyl adjacent to an activating group) is 1. The Bertz CT molecular complexity index is 1300. The van der Waals surface area contributed by atoms with Gasteiger partial charge < -0.3 is 28.8 Å². The van der Waals surface area contributed by atoms with Crippen molar-refractivity contribution in [2.45, 2.75) is 212 Å². The number of hydrogen-bond acceptors (Lipinski definition) is 6. The van der Waals surface area contributed by atoms with E-state index in [-0.39, 0.29) is 12.5 Å². The molecular weight excluding hydrogens is 804 g/mol. The Morgan fingerprint density at radius 3 is 1.48 bits per heavy atom. The number of amides is 1. The van der Waals surface area contributed by atoms with Gasteiger partial charge in [0, 0.05) is 6.42 Å². The maximum atomic E-state index is 12.9. The van der Waals surface area contributed by atoms with Gasteiger partial charge in [-0.3, -0.25) is 9.36 Å². The molecule has 364 valence electrons. The molecule has 0 aliphatic rings. The van der Waals surface area contributed by atoms with E-state index >= 15 is 0 Å². The van der Waals surface area contributed by atoms with Crippen molar-refractivity contribution in [1.29, 1.82) is 0 Å². The number of unbranched alkanes of at least 4 members (excludes halogenated alkanes) is 20. The topological polar surface area (TPSA) is 108 Å². The predicted octanol–water partition coefficient (Wildman–Crippen LogP) is 14.3. The second-order valence-corrected chi connectivity index (χ2v) is 19.5. The van der Waals surface area contributed by atoms with Gasteiger partial charge in [0.2, 0.25) is 5.91 Å². The first kappa shape index (κ1) is 60.7. The third kappa shape index (κ3) is 47.5. The van der Waals surface area contributed by atoms with Crippen LogP contribution in [0.4, 0.5) is 0 Å². The quantitative estimate of drug-likeness (QED) is 0.0273. The zero-order valence-corrected chi connectivity index (χ0v) is 42.1. The van der Waals surface area contributed by atoms with E-state index < -0.39 is 26.6 Å². The number of allylic oxidation sites excluding steroid dienone is 13. The molecule has 0 saturated carbocycles. The van der Waals surface area contributed by atoms with Crippen LogP contribution in [0.2, 0.25) is 0 Å². The molecule has 0 fully saturated rings. The summed E-state index contributed by atoms with van der Waals surface area (Å²) in [7, 11) is 1.23. The summed E-state index contributed by atoms with van der Waals surface area (Å²) in [6, 6.07) is -0.909. The SMILES string of the molecule is CC/C=C\C/C=C\C/C=C\C/C=C\C/C=C\CCCCCCCCCCCCCC(=O)NC(COP(=O)([O-])OCC[N+](C)(C)C)C(O)/C=C/CC/C=C/CCCCCCCCCC. The largest absolute Gasteiger partial charge is 0.756 e. The van der Waals surface area contributed by atoms with E-state index in [1.807, 2.05) is 27.2 Å². The van der Waals surface area contributed by atoms with Crippen LogP contribution in [0.15, 0.2) is 85.1 Å². The van der Waals surface area contributed by atoms with E-state index in [9.17, 15) is 19.4 Å². The van der Waals surface area contributed by atoms with Gasteiger partial charge in [-0.2, -0.15) is 0 Å². The standard InChI is InChI=1S/C54H97N2O6P/c1-6-8-10-12-14-16-18-20-22-23-24-25-26-27-28-29-30-31-32-33-34-36-38-40-42-44-46-48-54(58)55-52(51-62-63(59,60)61-50-49-56(3,4)5)53(57)47-45-43-41-39-37-35-21-19-17-15-13-11-9-7-2/h8,10,14,16,20,22,24-25,27-28,37,39,45,47,52-53,57H,6-7,9,11-13,15,17-19,21,23,26,29-36,38,40-44,46,48-51H2,1-5H3,(H-,55,58,59,60)/b10-8-,16-14-,22-20-,25-24-,28-27-,39-37+,47-45+. The van der Waals surface area contributed by atoms with Crippen LogP contribution in [0, 0.1) is 0 Å². The summed E-state index contributed by atoms with van der Waals surface area (Å²) in [6.07, 6.45) is 62.1. The predicted molar refractivity (Wildman–Crippen MR) is 270 cm³/mol. The first-order valence-electron chi connectivity index (χ1n) is 25.4. The van der Waals surface area contributed by atoms with E-state index in [0.29, 0.717) is 17.4 Å². The van der Waals surface area contributed by atoms with Gasteiger partial charge in [-0.25, -0.2) is 0 Å². The zero-order valence-electron chi connectivity index (χ0n) is 41.2. The number of quaternary nitrogens is 1. The van der Waals surface area contributed by atoms with Crippen molar-refractivity contribution in [3.8, 4) is 0 Å². The minimum Gasteiger partial charge on any atom is -0.756 e. The molecule has 0 spiro atoms. The second-order valence-electron chi connectivity index (χ2n) is 18.1. The van der Waals surface area contributed by atoms with E-state index in [0.717, 1.165) is 70.6 Å². The third-order valence-corrected chi connectivity index (χ3v) is 11.8. The number of aliphatic hydroxyl groups excluding tert-OH is 1. The average Bonchev–Trinajstić information content (AvgIpc) is 3.24. The lowest BCUT2D eigenvalue weighted by Gasteiger charge is -2.29. The summed E-state index contributed by atoms with van der Waals surface area (Å²) < 4.78 is 23.2. The van der Waals surface area contributed by atoms with Crippen molar-refractivity contribution >= 4 is 13.7 Å². The van der Waals surface area contributed by atoms with Gasteiger partial charge in [0.1, 0.15) is 13.2 Å². The Morgan fingerprint density at radius 2 is 0.984 bits per heavy atom. The number of hydrogen-bond donors (Lipinski definition) is 2. The van der Waals surface area contributed by atoms with Crippen molar-refractivity contribution in [3.63, 3.8) is 0 Å². The highest BCUT2D eigenvalue weighted by Crippen LogP contribution is 2.38. The Balaban J connectivity index is 4.27. The number of aliphatic hydroxyl groups is 1. The van der Waals surface area contributed by atoms with E-state index in [2.05, 4.69) is 92.1 Å². The molecule has 0 bridgehead atoms. The molecule has 8 nitrogen and oxygen atoms in total. The molecule has 0 aliphatic carbocycles. The lowest BCUT2D eigenvalue weighted by molar-refractivity contribution is -0.870. The van der Waals surface area contributed by atoms with Crippen LogP contribution in [0.3, 0.4) is 0 Å². The van der Waals surface area contributed by atoms with Crippen LogP contribution in [0.5, 0.6) is 0 Å². The van der Waals surface area contributed by atoms with Crippen LogP contribution in [-0.2, 0) is 18.4 Å². The van der Waals surface area contributed by atoms with Gasteiger partial charge in [-0.05, 0) is 77.0 Å². The summed E-state index contributed by atoms with van der Waals surface area (Å²) >= 11 is 0. The smallest absolute Gasteiger partial charge is 0.268 e. The van der Waals surface area contributed by atoms with Gasteiger partial charge in [0.25, 0.3) is 7.82 Å². The van der Waals surface area contributed by atoms with Gasteiger partial charge in [0.05, 0.1) is 39.9 Å². The highest BCUT2D eigenvalue weighted by atomic mass is 31.2. The first-order valence-corrected chi connectivity index (χ1v) is 26.9. The van der Waals surface area contributed by atoms with Crippen molar-refractivity contribution in [2.75, 3.05) is 40.9 Å². The monoisotopic (exact) mass is 901 g/mol. The fraction of sp³-hybridized carbons (Fsp3) is 0.722. The minimum atomic E-state index is -4.60. The fourth-order valence-corrected chi connectivity index (χ4v) is 7.56. The van der Waals surface area contributed by atoms with Gasteiger partial charge in [-0.15, -0.1) is 0 Å². The Hall–Kier alpha value is -2.32. The van der Waals surface area contributed by atoms with Crippen LogP contribution in [-0.4, -0.2) is 68.5 Å². The molecule has 9 heteroatoms. The van der Waals surface area contributed by atoms with Gasteiger partial charge in [-0.1, -0.05) is 202 Å². The van der Waals surface area contributed by atoms with Crippen molar-refractivity contribution in [3.05, 3.63) is 85.1 Å². The number of nitrogens with one attached hydrogen (secondary N) is 1. The van der Waals surface area contributed by atoms with Gasteiger partial charge >= 0.3 is 0 Å². The summed E-state index contributed by atoms with van der Waals surface area (Å²) in [5.74, 6) is -0.215. The van der Waals surface area contributed by atoms with Crippen LogP contribution < -0.4 is 10.2 Å². The Labute approximate surface area is 388 Å². The lowest BCUT2D eigenvalue weighted by Crippen LogP contribution is -2.45. The van der Waals surface area contributed by atoms with E-state index in [1.165, 1.54) is 109 Å². The van der Waals surface area contributed by atoms with E-state index in [1.54, 1.807) is 6.08 Å². The molecule has 0 radical (unpaired) electrons. The molecule has 63 heavy (non-hydrogen) atoms. The number of nitrogens with zero attached hydrogens (tertiary/aromatic N) is 1. The van der Waals surface area contributed by atoms with Crippen LogP contribution >= 0.6 is 7.82 Å². The maximum absolute atomic E-state index is 12.9. The molecule has 2 N–H and O–H groups in total. The molecule has 0 heterocycles. The Morgan fingerprint density at radius 1 is 0.571 bits per heavy atom. The molecule has 0 aliphatic heterocycles. The Kier molecular flexibility index (Phi) is 43.2. The molecule has 0 rings (SSSR count). The summed E-state index contributed by atoms with van der Waals surface area (Å²) in [6.45, 7) is 4.49. The van der Waals surface area contributed by atoms with E-state index in [4.69, 9.17) is 9.05 Å². The summed E-state index contributed by atoms with van der Waals surface area (Å²) in [5.41, 5.74) is 0. The van der Waals surface area contributed by atoms with Crippen molar-refractivity contribution < 1.29 is 32.9 Å². The summed E-state index contributed by atoms with van der Waals surface area (Å²) in [5, 5.41) is 13.8. The molecule has 0 saturated heterocycles. The first-order chi connectivity index (χ1) is 30.5. The van der Waals surface area contributed by atoms with Crippen LogP contribution in [0.25, 0.3) is 0 Å². The van der Waals surface area contributed by atoms with Crippen molar-refractivity contribution in [1.82, 2.24) is 5.32 Å². The lowest BCUT2D eigenvalue weighted by atomic mass is 10.0. The maximum Gasteiger partial charge on any atom is 0.268 e. The molecule has 3 unspecified atom stereocenters. The summed E-state index contributed by atoms with van der Waals surface area (Å²) in [4.78, 5) is 25.4. The zero-order chi connectivity index (χ0) is 46.4. The molecule has 0 aromatic rings. The molecule has 1 amide bonds. The molecule has 0 aromatic heterocycles. The molecule has 3 atom stereocenters. The number of carbonyl (C=O) groups is 1. The van der Waals surface area contributed by atoms with Crippen molar-refractivity contribution in [2.24, 2.45) is 0 Å². The van der Waals surface area contributed by atoms with Gasteiger partial charge in [0.15, 0.2) is 0 Å². The number of phosphoric acid groups is 1. The normalized spacial score (nSPS) is 14.8. The number of carbonyl (C=O) groups excluding carboxylic acids is 1. The fourth-order valence-electron chi connectivity index (χ4n) is 6.84. The number of phosphoric ester groups is 1. The third-order valence-electron chi connectivity index (χ3n) is 10.8. The number of rotatable bonds is 45.